The first-order chi connectivity index (χ1) is 8.01. The van der Waals surface area contributed by atoms with Gasteiger partial charge in [0.1, 0.15) is 0 Å². The topological polar surface area (TPSA) is 35.5 Å². The Morgan fingerprint density at radius 3 is 2.29 bits per heavy atom. The van der Waals surface area contributed by atoms with Gasteiger partial charge in [0.25, 0.3) is 0 Å². The molecule has 0 aliphatic rings. The van der Waals surface area contributed by atoms with E-state index in [4.69, 9.17) is 4.74 Å². The van der Waals surface area contributed by atoms with Gasteiger partial charge < -0.3 is 9.47 Å². The van der Waals surface area contributed by atoms with Gasteiger partial charge in [-0.25, -0.2) is 0 Å². The van der Waals surface area contributed by atoms with Crippen LogP contribution in [0, 0.1) is 5.92 Å². The average molecular weight is 244 g/mol. The second-order valence-electron chi connectivity index (χ2n) is 5.01. The van der Waals surface area contributed by atoms with Crippen molar-refractivity contribution < 1.29 is 14.3 Å². The zero-order chi connectivity index (χ0) is 13.3. The molecule has 102 valence electrons. The Kier molecular flexibility index (Phi) is 9.14. The molecule has 0 rings (SSSR count). The normalized spacial score (nSPS) is 14.7. The third kappa shape index (κ3) is 8.19. The highest BCUT2D eigenvalue weighted by Crippen LogP contribution is 2.18. The lowest BCUT2D eigenvalue weighted by molar-refractivity contribution is -0.145. The van der Waals surface area contributed by atoms with Gasteiger partial charge in [0.15, 0.2) is 0 Å². The molecule has 0 unspecified atom stereocenters. The Morgan fingerprint density at radius 2 is 1.82 bits per heavy atom. The van der Waals surface area contributed by atoms with Gasteiger partial charge in [-0.15, -0.1) is 0 Å². The Morgan fingerprint density at radius 1 is 1.18 bits per heavy atom. The van der Waals surface area contributed by atoms with Crippen LogP contribution in [-0.2, 0) is 14.3 Å². The van der Waals surface area contributed by atoms with Crippen LogP contribution in [0.4, 0.5) is 0 Å². The standard InChI is InChI=1S/C14H28O3/c1-6-7-8-9-13(11(2)3)17-12(4)10-14(15)16-5/h11-13H,6-10H2,1-5H3/t12-,13-/m1/s1. The number of methoxy groups -OCH3 is 1. The van der Waals surface area contributed by atoms with Gasteiger partial charge in [-0.1, -0.05) is 40.0 Å². The molecule has 0 fully saturated rings. The first-order valence-electron chi connectivity index (χ1n) is 6.73. The molecule has 0 aromatic rings. The minimum atomic E-state index is -0.200. The molecule has 0 heterocycles. The second kappa shape index (κ2) is 9.46. The van der Waals surface area contributed by atoms with Gasteiger partial charge in [-0.05, 0) is 19.3 Å². The van der Waals surface area contributed by atoms with Crippen LogP contribution in [-0.4, -0.2) is 25.3 Å². The molecule has 0 aromatic carbocycles. The third-order valence-corrected chi connectivity index (χ3v) is 2.92. The molecular weight excluding hydrogens is 216 g/mol. The summed E-state index contributed by atoms with van der Waals surface area (Å²) in [6.07, 6.45) is 5.28. The monoisotopic (exact) mass is 244 g/mol. The molecule has 0 N–H and O–H groups in total. The Hall–Kier alpha value is -0.570. The number of hydrogen-bond donors (Lipinski definition) is 0. The summed E-state index contributed by atoms with van der Waals surface area (Å²) in [4.78, 5) is 11.1. The summed E-state index contributed by atoms with van der Waals surface area (Å²) >= 11 is 0. The first-order valence-corrected chi connectivity index (χ1v) is 6.73. The summed E-state index contributed by atoms with van der Waals surface area (Å²) in [5.41, 5.74) is 0. The molecule has 0 aliphatic carbocycles. The zero-order valence-corrected chi connectivity index (χ0v) is 12.0. The van der Waals surface area contributed by atoms with E-state index in [-0.39, 0.29) is 18.2 Å². The maximum Gasteiger partial charge on any atom is 0.308 e. The van der Waals surface area contributed by atoms with Crippen LogP contribution < -0.4 is 0 Å². The van der Waals surface area contributed by atoms with Crippen molar-refractivity contribution in [1.29, 1.82) is 0 Å². The van der Waals surface area contributed by atoms with Crippen LogP contribution in [0.15, 0.2) is 0 Å². The second-order valence-corrected chi connectivity index (χ2v) is 5.01. The van der Waals surface area contributed by atoms with E-state index in [1.165, 1.54) is 26.4 Å². The molecular formula is C14H28O3. The molecule has 0 aromatic heterocycles. The highest BCUT2D eigenvalue weighted by Gasteiger charge is 2.18. The maximum absolute atomic E-state index is 11.1. The smallest absolute Gasteiger partial charge is 0.308 e. The number of unbranched alkanes of at least 4 members (excludes halogenated alkanes) is 2. The number of hydrogen-bond acceptors (Lipinski definition) is 3. The molecule has 17 heavy (non-hydrogen) atoms. The van der Waals surface area contributed by atoms with E-state index in [1.54, 1.807) is 0 Å². The summed E-state index contributed by atoms with van der Waals surface area (Å²) in [5, 5.41) is 0. The van der Waals surface area contributed by atoms with Crippen molar-refractivity contribution in [2.75, 3.05) is 7.11 Å². The summed E-state index contributed by atoms with van der Waals surface area (Å²) < 4.78 is 10.6. The summed E-state index contributed by atoms with van der Waals surface area (Å²) in [5.74, 6) is 0.292. The largest absolute Gasteiger partial charge is 0.469 e. The first kappa shape index (κ1) is 16.4. The minimum absolute atomic E-state index is 0.0588. The van der Waals surface area contributed by atoms with Gasteiger partial charge >= 0.3 is 5.97 Å². The van der Waals surface area contributed by atoms with Gasteiger partial charge in [-0.2, -0.15) is 0 Å². The van der Waals surface area contributed by atoms with Crippen molar-refractivity contribution in [2.45, 2.75) is 72.0 Å². The summed E-state index contributed by atoms with van der Waals surface area (Å²) in [6, 6.07) is 0. The van der Waals surface area contributed by atoms with Crippen LogP contribution in [0.3, 0.4) is 0 Å². The average Bonchev–Trinajstić information content (AvgIpc) is 2.27. The van der Waals surface area contributed by atoms with E-state index >= 15 is 0 Å². The number of carbonyl (C=O) groups is 1. The van der Waals surface area contributed by atoms with Crippen LogP contribution in [0.2, 0.25) is 0 Å². The lowest BCUT2D eigenvalue weighted by atomic mass is 10.0. The van der Waals surface area contributed by atoms with Crippen LogP contribution >= 0.6 is 0 Å². The maximum atomic E-state index is 11.1. The fourth-order valence-electron chi connectivity index (χ4n) is 1.82. The van der Waals surface area contributed by atoms with Crippen LogP contribution in [0.25, 0.3) is 0 Å². The van der Waals surface area contributed by atoms with Crippen molar-refractivity contribution in [1.82, 2.24) is 0 Å². The van der Waals surface area contributed by atoms with Crippen molar-refractivity contribution >= 4 is 5.97 Å². The predicted molar refractivity (Wildman–Crippen MR) is 69.9 cm³/mol. The lowest BCUT2D eigenvalue weighted by Gasteiger charge is -2.25. The van der Waals surface area contributed by atoms with Crippen molar-refractivity contribution in [3.8, 4) is 0 Å². The molecule has 3 heteroatoms. The Labute approximate surface area is 106 Å². The van der Waals surface area contributed by atoms with Gasteiger partial charge in [0.05, 0.1) is 25.7 Å². The van der Waals surface area contributed by atoms with Gasteiger partial charge in [0, 0.05) is 0 Å². The number of carbonyl (C=O) groups excluding carboxylic acids is 1. The fourth-order valence-corrected chi connectivity index (χ4v) is 1.82. The highest BCUT2D eigenvalue weighted by atomic mass is 16.5. The predicted octanol–water partition coefficient (Wildman–Crippen LogP) is 3.56. The van der Waals surface area contributed by atoms with Crippen molar-refractivity contribution in [2.24, 2.45) is 5.92 Å². The fraction of sp³-hybridized carbons (Fsp3) is 0.929. The van der Waals surface area contributed by atoms with Crippen molar-refractivity contribution in [3.05, 3.63) is 0 Å². The van der Waals surface area contributed by atoms with E-state index in [1.807, 2.05) is 6.92 Å². The highest BCUT2D eigenvalue weighted by molar-refractivity contribution is 5.69. The molecule has 0 spiro atoms. The zero-order valence-electron chi connectivity index (χ0n) is 12.0. The van der Waals surface area contributed by atoms with E-state index in [2.05, 4.69) is 25.5 Å². The molecule has 0 aliphatic heterocycles. The van der Waals surface area contributed by atoms with Gasteiger partial charge in [-0.3, -0.25) is 4.79 Å². The number of esters is 1. The van der Waals surface area contributed by atoms with Crippen molar-refractivity contribution in [3.63, 3.8) is 0 Å². The number of rotatable bonds is 9. The molecule has 0 radical (unpaired) electrons. The molecule has 0 bridgehead atoms. The Balaban J connectivity index is 4.01. The van der Waals surface area contributed by atoms with E-state index in [0.717, 1.165) is 6.42 Å². The molecule has 3 nitrogen and oxygen atoms in total. The van der Waals surface area contributed by atoms with Crippen LogP contribution in [0.5, 0.6) is 0 Å². The minimum Gasteiger partial charge on any atom is -0.469 e. The van der Waals surface area contributed by atoms with Crippen LogP contribution in [0.1, 0.15) is 59.8 Å². The quantitative estimate of drug-likeness (QED) is 0.459. The summed E-state index contributed by atoms with van der Waals surface area (Å²) in [6.45, 7) is 8.47. The molecule has 0 saturated carbocycles. The molecule has 0 amide bonds. The number of ether oxygens (including phenoxy) is 2. The Bertz CT molecular complexity index is 202. The summed E-state index contributed by atoms with van der Waals surface area (Å²) in [7, 11) is 1.41. The lowest BCUT2D eigenvalue weighted by Crippen LogP contribution is -2.26. The molecule has 2 atom stereocenters. The third-order valence-electron chi connectivity index (χ3n) is 2.92. The van der Waals surface area contributed by atoms with E-state index < -0.39 is 0 Å². The SMILES string of the molecule is CCCCC[C@@H](O[C@H](C)CC(=O)OC)C(C)C. The van der Waals surface area contributed by atoms with Gasteiger partial charge in [0.2, 0.25) is 0 Å². The van der Waals surface area contributed by atoms with E-state index in [0.29, 0.717) is 12.3 Å². The molecule has 0 saturated heterocycles. The van der Waals surface area contributed by atoms with E-state index in [9.17, 15) is 4.79 Å².